The van der Waals surface area contributed by atoms with E-state index in [2.05, 4.69) is 15.5 Å². The normalized spacial score (nSPS) is 19.1. The standard InChI is InChI=1S/C15H14F4N4O2/c1-9-2-3-10(4-11(9)20-8-24)13-21-12(25-22-13)5-23-6-14(16,17)15(18,19)7-23/h2-4,8H,5-7H2,1H3,(H,20,24). The van der Waals surface area contributed by atoms with Crippen LogP contribution in [0.25, 0.3) is 11.4 Å². The topological polar surface area (TPSA) is 71.3 Å². The Morgan fingerprint density at radius 2 is 1.96 bits per heavy atom. The minimum absolute atomic E-state index is 0.0472. The molecule has 0 radical (unpaired) electrons. The summed E-state index contributed by atoms with van der Waals surface area (Å²) in [5.41, 5.74) is 1.90. The zero-order valence-electron chi connectivity index (χ0n) is 13.1. The second kappa shape index (κ2) is 6.10. The third kappa shape index (κ3) is 3.34. The number of nitrogens with zero attached hydrogens (tertiary/aromatic N) is 3. The van der Waals surface area contributed by atoms with E-state index in [0.717, 1.165) is 10.5 Å². The molecular weight excluding hydrogens is 344 g/mol. The molecule has 25 heavy (non-hydrogen) atoms. The van der Waals surface area contributed by atoms with Crippen molar-refractivity contribution < 1.29 is 26.9 Å². The van der Waals surface area contributed by atoms with Crippen LogP contribution in [-0.2, 0) is 11.3 Å². The first kappa shape index (κ1) is 17.3. The van der Waals surface area contributed by atoms with E-state index >= 15 is 0 Å². The fourth-order valence-electron chi connectivity index (χ4n) is 2.57. The van der Waals surface area contributed by atoms with Gasteiger partial charge in [0.2, 0.25) is 18.1 Å². The Bertz CT molecular complexity index is 778. The van der Waals surface area contributed by atoms with Gasteiger partial charge in [0.15, 0.2) is 0 Å². The molecular formula is C15H14F4N4O2. The fraction of sp³-hybridized carbons (Fsp3) is 0.400. The van der Waals surface area contributed by atoms with E-state index in [4.69, 9.17) is 4.52 Å². The van der Waals surface area contributed by atoms with Gasteiger partial charge < -0.3 is 9.84 Å². The Morgan fingerprint density at radius 3 is 2.60 bits per heavy atom. The maximum Gasteiger partial charge on any atom is 0.323 e. The summed E-state index contributed by atoms with van der Waals surface area (Å²) < 4.78 is 57.8. The van der Waals surface area contributed by atoms with Crippen molar-refractivity contribution in [2.75, 3.05) is 18.4 Å². The maximum atomic E-state index is 13.2. The van der Waals surface area contributed by atoms with Crippen LogP contribution in [0.5, 0.6) is 0 Å². The molecule has 1 aromatic carbocycles. The van der Waals surface area contributed by atoms with E-state index in [9.17, 15) is 22.4 Å². The summed E-state index contributed by atoms with van der Waals surface area (Å²) in [6.45, 7) is -0.653. The minimum atomic E-state index is -4.08. The summed E-state index contributed by atoms with van der Waals surface area (Å²) in [5.74, 6) is -8.04. The highest BCUT2D eigenvalue weighted by Gasteiger charge is 2.62. The number of amides is 1. The van der Waals surface area contributed by atoms with Crippen LogP contribution >= 0.6 is 0 Å². The molecule has 1 aliphatic rings. The van der Waals surface area contributed by atoms with Gasteiger partial charge in [0.1, 0.15) is 0 Å². The van der Waals surface area contributed by atoms with E-state index in [-0.39, 0.29) is 18.3 Å². The number of aryl methyl sites for hydroxylation is 1. The molecule has 134 valence electrons. The zero-order valence-corrected chi connectivity index (χ0v) is 13.1. The van der Waals surface area contributed by atoms with Crippen molar-refractivity contribution in [1.29, 1.82) is 0 Å². The van der Waals surface area contributed by atoms with Crippen LogP contribution in [0.2, 0.25) is 0 Å². The molecule has 1 saturated heterocycles. The van der Waals surface area contributed by atoms with Gasteiger partial charge in [-0.05, 0) is 18.6 Å². The van der Waals surface area contributed by atoms with E-state index in [1.807, 2.05) is 0 Å². The first-order valence-corrected chi connectivity index (χ1v) is 7.34. The van der Waals surface area contributed by atoms with Crippen LogP contribution in [0, 0.1) is 6.92 Å². The van der Waals surface area contributed by atoms with Crippen LogP contribution < -0.4 is 5.32 Å². The third-order valence-corrected chi connectivity index (χ3v) is 3.92. The number of hydrogen-bond donors (Lipinski definition) is 1. The van der Waals surface area contributed by atoms with E-state index in [0.29, 0.717) is 17.7 Å². The molecule has 0 unspecified atom stereocenters. The van der Waals surface area contributed by atoms with Crippen molar-refractivity contribution in [3.8, 4) is 11.4 Å². The number of hydrogen-bond acceptors (Lipinski definition) is 5. The lowest BCUT2D eigenvalue weighted by Gasteiger charge is -2.15. The van der Waals surface area contributed by atoms with Gasteiger partial charge in [-0.15, -0.1) is 0 Å². The van der Waals surface area contributed by atoms with E-state index in [1.54, 1.807) is 25.1 Å². The van der Waals surface area contributed by atoms with Crippen LogP contribution in [0.4, 0.5) is 23.2 Å². The number of carbonyl (C=O) groups is 1. The second-order valence-corrected chi connectivity index (χ2v) is 5.86. The van der Waals surface area contributed by atoms with Gasteiger partial charge in [0, 0.05) is 11.3 Å². The summed E-state index contributed by atoms with van der Waals surface area (Å²) in [5, 5.41) is 6.26. The molecule has 0 atom stereocenters. The molecule has 2 aromatic rings. The van der Waals surface area contributed by atoms with E-state index < -0.39 is 24.9 Å². The lowest BCUT2D eigenvalue weighted by Crippen LogP contribution is -2.38. The lowest BCUT2D eigenvalue weighted by molar-refractivity contribution is -0.172. The number of benzene rings is 1. The number of nitrogens with one attached hydrogen (secondary N) is 1. The average molecular weight is 358 g/mol. The third-order valence-electron chi connectivity index (χ3n) is 3.92. The first-order chi connectivity index (χ1) is 11.7. The molecule has 1 aliphatic heterocycles. The molecule has 0 bridgehead atoms. The van der Waals surface area contributed by atoms with Crippen molar-refractivity contribution >= 4 is 12.1 Å². The van der Waals surface area contributed by atoms with Gasteiger partial charge in [-0.1, -0.05) is 17.3 Å². The van der Waals surface area contributed by atoms with Crippen LogP contribution in [0.15, 0.2) is 22.7 Å². The van der Waals surface area contributed by atoms with Gasteiger partial charge in [-0.2, -0.15) is 22.5 Å². The lowest BCUT2D eigenvalue weighted by atomic mass is 10.1. The van der Waals surface area contributed by atoms with Gasteiger partial charge in [-0.25, -0.2) is 0 Å². The molecule has 0 aliphatic carbocycles. The Morgan fingerprint density at radius 1 is 1.28 bits per heavy atom. The van der Waals surface area contributed by atoms with Gasteiger partial charge in [0.05, 0.1) is 19.6 Å². The summed E-state index contributed by atoms with van der Waals surface area (Å²) in [7, 11) is 0. The highest BCUT2D eigenvalue weighted by molar-refractivity contribution is 5.76. The quantitative estimate of drug-likeness (QED) is 0.657. The van der Waals surface area contributed by atoms with Crippen molar-refractivity contribution in [3.63, 3.8) is 0 Å². The van der Waals surface area contributed by atoms with Gasteiger partial charge in [-0.3, -0.25) is 9.69 Å². The van der Waals surface area contributed by atoms with Crippen molar-refractivity contribution in [3.05, 3.63) is 29.7 Å². The summed E-state index contributed by atoms with van der Waals surface area (Å²) >= 11 is 0. The summed E-state index contributed by atoms with van der Waals surface area (Å²) in [6.07, 6.45) is 0.529. The second-order valence-electron chi connectivity index (χ2n) is 5.86. The molecule has 1 fully saturated rings. The number of rotatable bonds is 5. The van der Waals surface area contributed by atoms with Gasteiger partial charge in [0.25, 0.3) is 0 Å². The molecule has 0 spiro atoms. The SMILES string of the molecule is Cc1ccc(-c2noc(CN3CC(F)(F)C(F)(F)C3)n2)cc1NC=O. The van der Waals surface area contributed by atoms with Crippen LogP contribution in [0.3, 0.4) is 0 Å². The highest BCUT2D eigenvalue weighted by Crippen LogP contribution is 2.41. The number of carbonyl (C=O) groups excluding carboxylic acids is 1. The number of anilines is 1. The predicted molar refractivity (Wildman–Crippen MR) is 79.3 cm³/mol. The van der Waals surface area contributed by atoms with Crippen molar-refractivity contribution in [1.82, 2.24) is 15.0 Å². The molecule has 1 N–H and O–H groups in total. The fourth-order valence-corrected chi connectivity index (χ4v) is 2.57. The number of alkyl halides is 4. The molecule has 1 amide bonds. The molecule has 0 saturated carbocycles. The predicted octanol–water partition coefficient (Wildman–Crippen LogP) is 2.70. The summed E-state index contributed by atoms with van der Waals surface area (Å²) in [4.78, 5) is 15.5. The maximum absolute atomic E-state index is 13.2. The Labute approximate surface area is 139 Å². The van der Waals surface area contributed by atoms with Crippen molar-refractivity contribution in [2.24, 2.45) is 0 Å². The van der Waals surface area contributed by atoms with Crippen LogP contribution in [0.1, 0.15) is 11.5 Å². The Balaban J connectivity index is 1.75. The minimum Gasteiger partial charge on any atom is -0.338 e. The zero-order chi connectivity index (χ0) is 18.2. The highest BCUT2D eigenvalue weighted by atomic mass is 19.3. The number of likely N-dealkylation sites (tertiary alicyclic amines) is 1. The molecule has 3 rings (SSSR count). The molecule has 2 heterocycles. The smallest absolute Gasteiger partial charge is 0.323 e. The number of halogens is 4. The molecule has 1 aromatic heterocycles. The first-order valence-electron chi connectivity index (χ1n) is 7.34. The van der Waals surface area contributed by atoms with Crippen molar-refractivity contribution in [2.45, 2.75) is 25.3 Å². The van der Waals surface area contributed by atoms with Crippen LogP contribution in [-0.4, -0.2) is 46.4 Å². The average Bonchev–Trinajstić information content (AvgIpc) is 3.04. The summed E-state index contributed by atoms with van der Waals surface area (Å²) in [6, 6.07) is 5.05. The van der Waals surface area contributed by atoms with Gasteiger partial charge >= 0.3 is 11.8 Å². The largest absolute Gasteiger partial charge is 0.338 e. The Kier molecular flexibility index (Phi) is 4.23. The monoisotopic (exact) mass is 358 g/mol. The van der Waals surface area contributed by atoms with E-state index in [1.165, 1.54) is 0 Å². The number of aromatic nitrogens is 2. The molecule has 10 heteroatoms. The Hall–Kier alpha value is -2.49. The molecule has 6 nitrogen and oxygen atoms in total.